The van der Waals surface area contributed by atoms with Crippen molar-refractivity contribution < 1.29 is 9.63 Å². The number of hydrogen-bond acceptors (Lipinski definition) is 5. The number of aromatic nitrogens is 4. The zero-order valence-corrected chi connectivity index (χ0v) is 7.07. The molecule has 2 rings (SSSR count). The van der Waals surface area contributed by atoms with Crippen molar-refractivity contribution in [2.24, 2.45) is 0 Å². The smallest absolute Gasteiger partial charge is 0.328 e. The molecular weight excluding hydrogens is 184 g/mol. The zero-order valence-electron chi connectivity index (χ0n) is 7.07. The van der Waals surface area contributed by atoms with Gasteiger partial charge in [0.05, 0.1) is 6.20 Å². The molecular formula is C8H6N4O2. The van der Waals surface area contributed by atoms with Gasteiger partial charge < -0.3 is 4.84 Å². The van der Waals surface area contributed by atoms with Gasteiger partial charge >= 0.3 is 5.97 Å². The Morgan fingerprint density at radius 3 is 3.00 bits per heavy atom. The molecule has 0 fully saturated rings. The first kappa shape index (κ1) is 8.36. The lowest BCUT2D eigenvalue weighted by atomic mass is 10.4. The Hall–Kier alpha value is -2.24. The van der Waals surface area contributed by atoms with Crippen molar-refractivity contribution in [2.75, 3.05) is 0 Å². The van der Waals surface area contributed by atoms with Crippen molar-refractivity contribution >= 4 is 5.97 Å². The van der Waals surface area contributed by atoms with E-state index in [1.807, 2.05) is 0 Å². The van der Waals surface area contributed by atoms with E-state index in [1.165, 1.54) is 35.7 Å². The predicted molar refractivity (Wildman–Crippen MR) is 45.2 cm³/mol. The average molecular weight is 190 g/mol. The highest BCUT2D eigenvalue weighted by Crippen LogP contribution is 1.92. The van der Waals surface area contributed by atoms with Gasteiger partial charge in [-0.25, -0.2) is 9.78 Å². The fourth-order valence-corrected chi connectivity index (χ4v) is 0.854. The molecule has 0 bridgehead atoms. The van der Waals surface area contributed by atoms with Crippen LogP contribution >= 0.6 is 0 Å². The van der Waals surface area contributed by atoms with Crippen molar-refractivity contribution in [1.29, 1.82) is 0 Å². The molecule has 0 atom stereocenters. The lowest BCUT2D eigenvalue weighted by molar-refractivity contribution is 0.0452. The van der Waals surface area contributed by atoms with Gasteiger partial charge in [-0.3, -0.25) is 0 Å². The minimum Gasteiger partial charge on any atom is -0.328 e. The molecule has 6 heteroatoms. The van der Waals surface area contributed by atoms with Crippen molar-refractivity contribution in [2.45, 2.75) is 0 Å². The van der Waals surface area contributed by atoms with Gasteiger partial charge in [0.1, 0.15) is 6.33 Å². The molecule has 70 valence electrons. The summed E-state index contributed by atoms with van der Waals surface area (Å²) in [6.07, 6.45) is 5.86. The molecule has 0 aliphatic rings. The fourth-order valence-electron chi connectivity index (χ4n) is 0.854. The number of rotatable bonds is 2. The monoisotopic (exact) mass is 190 g/mol. The first-order valence-electron chi connectivity index (χ1n) is 3.84. The predicted octanol–water partition coefficient (Wildman–Crippen LogP) is -0.0579. The normalized spacial score (nSPS) is 9.71. The molecule has 0 aliphatic carbocycles. The Bertz CT molecular complexity index is 412. The van der Waals surface area contributed by atoms with Crippen molar-refractivity contribution in [3.05, 3.63) is 42.7 Å². The highest BCUT2D eigenvalue weighted by molar-refractivity contribution is 5.87. The van der Waals surface area contributed by atoms with Gasteiger partial charge in [-0.2, -0.15) is 9.83 Å². The molecule has 0 aromatic carbocycles. The first-order valence-corrected chi connectivity index (χ1v) is 3.84. The summed E-state index contributed by atoms with van der Waals surface area (Å²) in [5.41, 5.74) is 0.154. The summed E-state index contributed by atoms with van der Waals surface area (Å²) in [6.45, 7) is 0. The van der Waals surface area contributed by atoms with Gasteiger partial charge in [0.2, 0.25) is 0 Å². The maximum Gasteiger partial charge on any atom is 0.383 e. The van der Waals surface area contributed by atoms with E-state index >= 15 is 0 Å². The van der Waals surface area contributed by atoms with Crippen LogP contribution in [-0.2, 0) is 0 Å². The SMILES string of the molecule is O=C(On1ccnc1)c1cccnn1. The fraction of sp³-hybridized carbons (Fsp3) is 0. The van der Waals surface area contributed by atoms with Crippen LogP contribution in [-0.4, -0.2) is 25.9 Å². The molecule has 14 heavy (non-hydrogen) atoms. The summed E-state index contributed by atoms with van der Waals surface area (Å²) in [5, 5.41) is 7.16. The number of carbonyl (C=O) groups is 1. The second kappa shape index (κ2) is 3.65. The third-order valence-corrected chi connectivity index (χ3v) is 1.45. The van der Waals surface area contributed by atoms with E-state index in [0.29, 0.717) is 0 Å². The number of imidazole rings is 1. The van der Waals surface area contributed by atoms with E-state index in [9.17, 15) is 4.79 Å². The molecule has 2 heterocycles. The minimum atomic E-state index is -0.573. The Kier molecular flexibility index (Phi) is 2.18. The second-order valence-corrected chi connectivity index (χ2v) is 2.41. The maximum atomic E-state index is 11.3. The van der Waals surface area contributed by atoms with Crippen LogP contribution in [0.4, 0.5) is 0 Å². The largest absolute Gasteiger partial charge is 0.383 e. The molecule has 0 aliphatic heterocycles. The summed E-state index contributed by atoms with van der Waals surface area (Å²) in [6, 6.07) is 3.13. The Morgan fingerprint density at radius 2 is 2.36 bits per heavy atom. The van der Waals surface area contributed by atoms with Crippen LogP contribution in [0.2, 0.25) is 0 Å². The Morgan fingerprint density at radius 1 is 1.43 bits per heavy atom. The van der Waals surface area contributed by atoms with Crippen LogP contribution in [0, 0.1) is 0 Å². The molecule has 0 saturated heterocycles. The zero-order chi connectivity index (χ0) is 9.80. The topological polar surface area (TPSA) is 69.9 Å². The van der Waals surface area contributed by atoms with E-state index in [1.54, 1.807) is 6.07 Å². The van der Waals surface area contributed by atoms with Crippen molar-refractivity contribution in [1.82, 2.24) is 19.9 Å². The molecule has 6 nitrogen and oxygen atoms in total. The molecule has 0 unspecified atom stereocenters. The summed E-state index contributed by atoms with van der Waals surface area (Å²) >= 11 is 0. The standard InChI is InChI=1S/C8H6N4O2/c13-8(7-2-1-3-10-11-7)14-12-5-4-9-6-12/h1-6H. The quantitative estimate of drug-likeness (QED) is 0.663. The second-order valence-electron chi connectivity index (χ2n) is 2.41. The van der Waals surface area contributed by atoms with E-state index in [0.717, 1.165) is 0 Å². The lowest BCUT2D eigenvalue weighted by Crippen LogP contribution is -2.19. The van der Waals surface area contributed by atoms with E-state index in [2.05, 4.69) is 15.2 Å². The summed E-state index contributed by atoms with van der Waals surface area (Å²) in [7, 11) is 0. The first-order chi connectivity index (χ1) is 6.86. The van der Waals surface area contributed by atoms with Gasteiger partial charge in [0.25, 0.3) is 0 Å². The average Bonchev–Trinajstić information content (AvgIpc) is 2.72. The van der Waals surface area contributed by atoms with Gasteiger partial charge in [-0.05, 0) is 12.1 Å². The molecule has 0 radical (unpaired) electrons. The highest BCUT2D eigenvalue weighted by Gasteiger charge is 2.09. The number of hydrogen-bond donors (Lipinski definition) is 0. The van der Waals surface area contributed by atoms with Gasteiger partial charge in [-0.1, -0.05) is 0 Å². The van der Waals surface area contributed by atoms with E-state index in [4.69, 9.17) is 4.84 Å². The van der Waals surface area contributed by atoms with Gasteiger partial charge in [-0.15, -0.1) is 5.10 Å². The number of nitrogens with zero attached hydrogens (tertiary/aromatic N) is 4. The van der Waals surface area contributed by atoms with Crippen LogP contribution in [0.15, 0.2) is 37.1 Å². The Balaban J connectivity index is 2.11. The molecule has 2 aromatic rings. The highest BCUT2D eigenvalue weighted by atomic mass is 16.7. The summed E-state index contributed by atoms with van der Waals surface area (Å²) in [5.74, 6) is -0.573. The van der Waals surface area contributed by atoms with Crippen molar-refractivity contribution in [3.63, 3.8) is 0 Å². The van der Waals surface area contributed by atoms with E-state index < -0.39 is 5.97 Å². The van der Waals surface area contributed by atoms with Crippen LogP contribution < -0.4 is 4.84 Å². The van der Waals surface area contributed by atoms with Crippen LogP contribution in [0.25, 0.3) is 0 Å². The molecule has 0 spiro atoms. The molecule has 0 amide bonds. The van der Waals surface area contributed by atoms with Crippen molar-refractivity contribution in [3.8, 4) is 0 Å². The molecule has 0 saturated carbocycles. The van der Waals surface area contributed by atoms with E-state index in [-0.39, 0.29) is 5.69 Å². The van der Waals surface area contributed by atoms with Crippen LogP contribution in [0.1, 0.15) is 10.5 Å². The number of carbonyl (C=O) groups excluding carboxylic acids is 1. The van der Waals surface area contributed by atoms with Gasteiger partial charge in [0.15, 0.2) is 5.69 Å². The third-order valence-electron chi connectivity index (χ3n) is 1.45. The third kappa shape index (κ3) is 1.74. The van der Waals surface area contributed by atoms with Gasteiger partial charge in [0, 0.05) is 12.4 Å². The minimum absolute atomic E-state index is 0.154. The Labute approximate surface area is 79.1 Å². The summed E-state index contributed by atoms with van der Waals surface area (Å²) < 4.78 is 1.19. The molecule has 2 aromatic heterocycles. The van der Waals surface area contributed by atoms with Crippen LogP contribution in [0.3, 0.4) is 0 Å². The maximum absolute atomic E-state index is 11.3. The summed E-state index contributed by atoms with van der Waals surface area (Å²) in [4.78, 5) is 19.9. The van der Waals surface area contributed by atoms with Crippen LogP contribution in [0.5, 0.6) is 0 Å². The lowest BCUT2D eigenvalue weighted by Gasteiger charge is -2.00. The molecule has 0 N–H and O–H groups in total.